The summed E-state index contributed by atoms with van der Waals surface area (Å²) < 4.78 is 45.9. The summed E-state index contributed by atoms with van der Waals surface area (Å²) in [5.74, 6) is -3.78. The van der Waals surface area contributed by atoms with E-state index in [1.54, 1.807) is 0 Å². The van der Waals surface area contributed by atoms with Crippen molar-refractivity contribution in [1.29, 1.82) is 0 Å². The van der Waals surface area contributed by atoms with Crippen LogP contribution in [0.4, 0.5) is 18.9 Å². The summed E-state index contributed by atoms with van der Waals surface area (Å²) in [5, 5.41) is 20.1. The number of nitrogens with zero attached hydrogens (tertiary/aromatic N) is 1. The number of anilines is 1. The molecule has 10 heteroatoms. The van der Waals surface area contributed by atoms with Gasteiger partial charge >= 0.3 is 6.18 Å². The topological polar surface area (TPSA) is 87.1 Å². The van der Waals surface area contributed by atoms with Crippen LogP contribution in [0.3, 0.4) is 0 Å². The summed E-state index contributed by atoms with van der Waals surface area (Å²) in [4.78, 5) is 26.9. The summed E-state index contributed by atoms with van der Waals surface area (Å²) in [5.41, 5.74) is -4.75. The molecule has 0 unspecified atom stereocenters. The molecule has 2 bridgehead atoms. The zero-order valence-electron chi connectivity index (χ0n) is 15.0. The summed E-state index contributed by atoms with van der Waals surface area (Å²) in [6, 6.07) is 2.17. The number of fused-ring (bicyclic) bond motifs is 5. The van der Waals surface area contributed by atoms with Crippen LogP contribution in [0.25, 0.3) is 0 Å². The number of carbonyl (C=O) groups is 2. The van der Waals surface area contributed by atoms with E-state index < -0.39 is 63.8 Å². The van der Waals surface area contributed by atoms with Gasteiger partial charge in [0.05, 0.1) is 28.1 Å². The second kappa shape index (κ2) is 5.47. The maximum absolute atomic E-state index is 13.4. The van der Waals surface area contributed by atoms with Gasteiger partial charge in [-0.3, -0.25) is 9.59 Å². The van der Waals surface area contributed by atoms with Gasteiger partial charge in [0.1, 0.15) is 23.4 Å². The molecule has 28 heavy (non-hydrogen) atoms. The molecule has 3 aliphatic rings. The third-order valence-electron chi connectivity index (χ3n) is 6.36. The van der Waals surface area contributed by atoms with Crippen molar-refractivity contribution >= 4 is 29.1 Å². The molecule has 6 nitrogen and oxygen atoms in total. The predicted octanol–water partition coefficient (Wildman–Crippen LogP) is 2.06. The Kier molecular flexibility index (Phi) is 3.84. The first-order valence-corrected chi connectivity index (χ1v) is 8.95. The highest BCUT2D eigenvalue weighted by Gasteiger charge is 2.79. The molecule has 0 aromatic heterocycles. The third-order valence-corrected chi connectivity index (χ3v) is 6.68. The lowest BCUT2D eigenvalue weighted by molar-refractivity contribution is -0.138. The molecule has 6 atom stereocenters. The Bertz CT molecular complexity index is 883. The highest BCUT2D eigenvalue weighted by molar-refractivity contribution is 6.32. The monoisotopic (exact) mass is 419 g/mol. The van der Waals surface area contributed by atoms with Crippen LogP contribution in [-0.2, 0) is 20.5 Å². The number of aliphatic hydroxyl groups excluding tert-OH is 2. The molecule has 0 saturated carbocycles. The van der Waals surface area contributed by atoms with E-state index in [1.807, 2.05) is 0 Å². The van der Waals surface area contributed by atoms with Crippen molar-refractivity contribution in [2.75, 3.05) is 4.90 Å². The van der Waals surface area contributed by atoms with Gasteiger partial charge in [-0.1, -0.05) is 11.6 Å². The lowest BCUT2D eigenvalue weighted by Crippen LogP contribution is -2.57. The van der Waals surface area contributed by atoms with Crippen molar-refractivity contribution in [1.82, 2.24) is 0 Å². The Hall–Kier alpha value is -1.68. The van der Waals surface area contributed by atoms with Crippen molar-refractivity contribution in [3.05, 3.63) is 28.3 Å². The van der Waals surface area contributed by atoms with Crippen LogP contribution in [0.5, 0.6) is 0 Å². The minimum atomic E-state index is -4.77. The zero-order valence-corrected chi connectivity index (χ0v) is 15.8. The number of halogens is 4. The number of amides is 2. The quantitative estimate of drug-likeness (QED) is 0.680. The molecule has 3 aliphatic heterocycles. The maximum atomic E-state index is 13.4. The highest BCUT2D eigenvalue weighted by Crippen LogP contribution is 2.61. The van der Waals surface area contributed by atoms with Gasteiger partial charge in [-0.15, -0.1) is 0 Å². The van der Waals surface area contributed by atoms with Crippen molar-refractivity contribution < 1.29 is 37.7 Å². The second-order valence-corrected chi connectivity index (χ2v) is 8.30. The molecule has 0 aliphatic carbocycles. The van der Waals surface area contributed by atoms with E-state index >= 15 is 0 Å². The summed E-state index contributed by atoms with van der Waals surface area (Å²) in [6.07, 6.45) is -7.59. The summed E-state index contributed by atoms with van der Waals surface area (Å²) >= 11 is 5.71. The van der Waals surface area contributed by atoms with E-state index in [0.29, 0.717) is 4.90 Å². The number of imide groups is 1. The number of hydrogen-bond donors (Lipinski definition) is 2. The molecule has 3 fully saturated rings. The van der Waals surface area contributed by atoms with E-state index in [4.69, 9.17) is 16.3 Å². The Balaban J connectivity index is 1.86. The Morgan fingerprint density at radius 1 is 1.07 bits per heavy atom. The fraction of sp³-hybridized carbons (Fsp3) is 0.556. The van der Waals surface area contributed by atoms with Gasteiger partial charge in [0.25, 0.3) is 0 Å². The second-order valence-electron chi connectivity index (χ2n) is 7.89. The van der Waals surface area contributed by atoms with Crippen LogP contribution in [0.15, 0.2) is 12.1 Å². The molecule has 0 radical (unpaired) electrons. The Morgan fingerprint density at radius 3 is 1.96 bits per heavy atom. The molecular formula is C18H17ClF3NO5. The lowest BCUT2D eigenvalue weighted by Gasteiger charge is -2.35. The number of benzene rings is 1. The molecular weight excluding hydrogens is 403 g/mol. The van der Waals surface area contributed by atoms with Gasteiger partial charge in [-0.05, 0) is 38.5 Å². The van der Waals surface area contributed by atoms with Gasteiger partial charge < -0.3 is 14.9 Å². The first-order valence-electron chi connectivity index (χ1n) is 8.57. The molecule has 4 rings (SSSR count). The van der Waals surface area contributed by atoms with E-state index in [2.05, 4.69) is 0 Å². The van der Waals surface area contributed by atoms with E-state index in [-0.39, 0.29) is 11.3 Å². The fourth-order valence-corrected chi connectivity index (χ4v) is 5.35. The van der Waals surface area contributed by atoms with Gasteiger partial charge in [0.15, 0.2) is 0 Å². The zero-order chi connectivity index (χ0) is 21.0. The lowest BCUT2D eigenvalue weighted by atomic mass is 9.66. The minimum Gasteiger partial charge on any atom is -0.387 e. The normalized spacial score (nSPS) is 39.8. The smallest absolute Gasteiger partial charge is 0.387 e. The first kappa shape index (κ1) is 19.6. The number of rotatable bonds is 1. The van der Waals surface area contributed by atoms with Crippen molar-refractivity contribution in [2.24, 2.45) is 11.8 Å². The average molecular weight is 420 g/mol. The average Bonchev–Trinajstić information content (AvgIpc) is 3.04. The van der Waals surface area contributed by atoms with Gasteiger partial charge in [-0.25, -0.2) is 4.90 Å². The van der Waals surface area contributed by atoms with Gasteiger partial charge in [0, 0.05) is 0 Å². The van der Waals surface area contributed by atoms with Crippen molar-refractivity contribution in [3.8, 4) is 0 Å². The number of hydrogen-bond acceptors (Lipinski definition) is 5. The summed E-state index contributed by atoms with van der Waals surface area (Å²) in [7, 11) is 0. The molecule has 2 amide bonds. The number of aliphatic hydroxyl groups is 2. The van der Waals surface area contributed by atoms with E-state index in [9.17, 15) is 33.0 Å². The maximum Gasteiger partial charge on any atom is 0.418 e. The molecule has 1 aromatic rings. The fourth-order valence-electron chi connectivity index (χ4n) is 5.04. The van der Waals surface area contributed by atoms with Crippen molar-refractivity contribution in [3.63, 3.8) is 0 Å². The van der Waals surface area contributed by atoms with Gasteiger partial charge in [0.2, 0.25) is 11.8 Å². The van der Waals surface area contributed by atoms with Crippen LogP contribution in [0.1, 0.15) is 25.0 Å². The Labute approximate surface area is 162 Å². The van der Waals surface area contributed by atoms with Crippen molar-refractivity contribution in [2.45, 2.75) is 50.4 Å². The van der Waals surface area contributed by atoms with Crippen LogP contribution in [-0.4, -0.2) is 45.4 Å². The number of ether oxygens (including phenoxy) is 1. The van der Waals surface area contributed by atoms with Crippen LogP contribution < -0.4 is 4.90 Å². The van der Waals surface area contributed by atoms with Crippen LogP contribution in [0, 0.1) is 18.8 Å². The number of alkyl halides is 3. The highest BCUT2D eigenvalue weighted by atomic mass is 35.5. The molecule has 3 heterocycles. The standard InChI is InChI=1S/C18H17ClF3NO5/c1-6-8(5-4-7(19)9(6)18(20,21)22)23-14(26)10-11(15(23)27)17(3)13(25)12(24)16(10,2)28-17/h4-5,10-13,24-25H,1-3H3/t10-,11+,12-,13-,16+,17-/m1/s1. The molecule has 152 valence electrons. The number of carbonyl (C=O) groups excluding carboxylic acids is 2. The largest absolute Gasteiger partial charge is 0.418 e. The minimum absolute atomic E-state index is 0.225. The first-order chi connectivity index (χ1) is 12.8. The van der Waals surface area contributed by atoms with E-state index in [1.165, 1.54) is 19.9 Å². The Morgan fingerprint density at radius 2 is 1.54 bits per heavy atom. The third kappa shape index (κ3) is 2.10. The SMILES string of the molecule is Cc1c(N2C(=O)[C@@H]3[C@H](C2=O)[C@]2(C)O[C@@]3(C)[C@H](O)[C@H]2O)ccc(Cl)c1C(F)(F)F. The van der Waals surface area contributed by atoms with Crippen LogP contribution >= 0.6 is 11.6 Å². The summed E-state index contributed by atoms with van der Waals surface area (Å²) in [6.45, 7) is 3.97. The molecule has 2 N–H and O–H groups in total. The molecule has 1 aromatic carbocycles. The predicted molar refractivity (Wildman–Crippen MR) is 90.6 cm³/mol. The molecule has 0 spiro atoms. The van der Waals surface area contributed by atoms with Gasteiger partial charge in [-0.2, -0.15) is 13.2 Å². The molecule has 3 saturated heterocycles. The van der Waals surface area contributed by atoms with E-state index in [0.717, 1.165) is 13.0 Å². The van der Waals surface area contributed by atoms with Crippen LogP contribution in [0.2, 0.25) is 5.02 Å².